The fourth-order valence-corrected chi connectivity index (χ4v) is 4.17. The maximum Gasteiger partial charge on any atom is 0.235 e. The summed E-state index contributed by atoms with van der Waals surface area (Å²) in [7, 11) is 2.11. The van der Waals surface area contributed by atoms with Crippen molar-refractivity contribution in [2.75, 3.05) is 48.8 Å². The number of carbonyl (C=O) groups is 1. The third-order valence-corrected chi connectivity index (χ3v) is 6.40. The van der Waals surface area contributed by atoms with E-state index >= 15 is 0 Å². The molecule has 3 aromatic rings. The molecule has 2 N–H and O–H groups in total. The maximum atomic E-state index is 12.0. The van der Waals surface area contributed by atoms with E-state index in [0.717, 1.165) is 55.3 Å². The third kappa shape index (κ3) is 5.60. The van der Waals surface area contributed by atoms with E-state index in [0.29, 0.717) is 22.9 Å². The van der Waals surface area contributed by atoms with Gasteiger partial charge in [-0.25, -0.2) is 0 Å². The Balaban J connectivity index is 1.35. The van der Waals surface area contributed by atoms with Gasteiger partial charge >= 0.3 is 0 Å². The largest absolute Gasteiger partial charge is 0.338 e. The van der Waals surface area contributed by atoms with Gasteiger partial charge in [0.15, 0.2) is 5.16 Å². The zero-order chi connectivity index (χ0) is 22.8. The van der Waals surface area contributed by atoms with Crippen molar-refractivity contribution in [3.8, 4) is 0 Å². The van der Waals surface area contributed by atoms with Crippen LogP contribution in [0.5, 0.6) is 0 Å². The van der Waals surface area contributed by atoms with Crippen LogP contribution in [-0.2, 0) is 4.79 Å². The van der Waals surface area contributed by atoms with E-state index in [1.165, 1.54) is 11.8 Å². The number of nitrogens with zero attached hydrogens (tertiary/aromatic N) is 6. The predicted octanol–water partition coefficient (Wildman–Crippen LogP) is 3.16. The lowest BCUT2D eigenvalue weighted by molar-refractivity contribution is -0.117. The van der Waals surface area contributed by atoms with Crippen molar-refractivity contribution in [2.45, 2.75) is 29.8 Å². The summed E-state index contributed by atoms with van der Waals surface area (Å²) in [5.41, 5.74) is 1.57. The summed E-state index contributed by atoms with van der Waals surface area (Å²) in [6.45, 7) is 5.45. The van der Waals surface area contributed by atoms with Crippen LogP contribution in [0.3, 0.4) is 0 Å². The van der Waals surface area contributed by atoms with Crippen LogP contribution in [0.1, 0.15) is 18.5 Å². The molecule has 1 saturated heterocycles. The summed E-state index contributed by atoms with van der Waals surface area (Å²) < 4.78 is 5.27. The van der Waals surface area contributed by atoms with Gasteiger partial charge < -0.3 is 19.6 Å². The maximum absolute atomic E-state index is 12.0. The first-order valence-corrected chi connectivity index (χ1v) is 11.8. The quantitative estimate of drug-likeness (QED) is 0.538. The molecule has 172 valence electrons. The lowest BCUT2D eigenvalue weighted by atomic mass is 10.3. The number of aryl methyl sites for hydroxylation is 1. The molecule has 5 rings (SSSR count). The van der Waals surface area contributed by atoms with E-state index in [1.807, 2.05) is 31.2 Å². The highest BCUT2D eigenvalue weighted by Gasteiger charge is 2.29. The van der Waals surface area contributed by atoms with Crippen LogP contribution in [0.2, 0.25) is 0 Å². The van der Waals surface area contributed by atoms with Crippen LogP contribution in [0.4, 0.5) is 23.5 Å². The minimum absolute atomic E-state index is 0.100. The fraction of sp³-hybridized carbons (Fsp3) is 0.409. The second-order valence-corrected chi connectivity index (χ2v) is 9.42. The van der Waals surface area contributed by atoms with Crippen molar-refractivity contribution < 1.29 is 9.32 Å². The van der Waals surface area contributed by atoms with Crippen LogP contribution in [0.25, 0.3) is 0 Å². The molecule has 0 radical (unpaired) electrons. The first kappa shape index (κ1) is 21.7. The summed E-state index contributed by atoms with van der Waals surface area (Å²) in [5, 5.41) is 10.5. The molecule has 2 aliphatic rings. The molecule has 1 amide bonds. The Morgan fingerprint density at radius 1 is 1.09 bits per heavy atom. The zero-order valence-corrected chi connectivity index (χ0v) is 19.4. The standard InChI is InChI=1S/C22H26N8O2S/c1-14-13-18(32-28-14)24-20-25-21(30-11-9-29(2)10-12-30)27-22(26-20)33-17-7-5-16(6-8-17)23-19(31)15-3-4-15/h5-8,13,15H,3-4,9-12H2,1-2H3,(H,23,31)(H,24,25,26,27). The monoisotopic (exact) mass is 466 g/mol. The van der Waals surface area contributed by atoms with Crippen molar-refractivity contribution in [3.63, 3.8) is 0 Å². The number of piperazine rings is 1. The molecule has 11 heteroatoms. The van der Waals surface area contributed by atoms with Crippen LogP contribution >= 0.6 is 11.8 Å². The van der Waals surface area contributed by atoms with Gasteiger partial charge in [-0.1, -0.05) is 5.16 Å². The minimum atomic E-state index is 0.100. The van der Waals surface area contributed by atoms with E-state index in [2.05, 4.69) is 42.6 Å². The van der Waals surface area contributed by atoms with Gasteiger partial charge in [-0.3, -0.25) is 10.1 Å². The number of amides is 1. The van der Waals surface area contributed by atoms with E-state index in [-0.39, 0.29) is 11.8 Å². The number of likely N-dealkylation sites (N-methyl/N-ethyl adjacent to an activating group) is 1. The van der Waals surface area contributed by atoms with Crippen LogP contribution in [0, 0.1) is 12.8 Å². The molecule has 10 nitrogen and oxygen atoms in total. The highest BCUT2D eigenvalue weighted by Crippen LogP contribution is 2.31. The molecule has 0 bridgehead atoms. The summed E-state index contributed by atoms with van der Waals surface area (Å²) in [6.07, 6.45) is 1.97. The highest BCUT2D eigenvalue weighted by molar-refractivity contribution is 7.99. The molecule has 3 heterocycles. The number of benzene rings is 1. The Kier molecular flexibility index (Phi) is 6.14. The topological polar surface area (TPSA) is 112 Å². The fourth-order valence-electron chi connectivity index (χ4n) is 3.43. The van der Waals surface area contributed by atoms with Gasteiger partial charge in [0.2, 0.25) is 23.7 Å². The lowest BCUT2D eigenvalue weighted by Gasteiger charge is -2.32. The van der Waals surface area contributed by atoms with E-state index in [1.54, 1.807) is 6.07 Å². The van der Waals surface area contributed by atoms with Gasteiger partial charge in [-0.2, -0.15) is 15.0 Å². The van der Waals surface area contributed by atoms with Crippen molar-refractivity contribution >= 4 is 41.1 Å². The van der Waals surface area contributed by atoms with Crippen molar-refractivity contribution in [1.29, 1.82) is 0 Å². The minimum Gasteiger partial charge on any atom is -0.338 e. The van der Waals surface area contributed by atoms with Gasteiger partial charge in [0, 0.05) is 48.7 Å². The number of carbonyl (C=O) groups excluding carboxylic acids is 1. The normalized spacial score (nSPS) is 16.6. The average Bonchev–Trinajstić information content (AvgIpc) is 3.58. The van der Waals surface area contributed by atoms with Crippen LogP contribution in [-0.4, -0.2) is 64.1 Å². The SMILES string of the molecule is Cc1cc(Nc2nc(Sc3ccc(NC(=O)C4CC4)cc3)nc(N3CCN(C)CC3)n2)on1. The molecule has 1 aliphatic carbocycles. The summed E-state index contributed by atoms with van der Waals surface area (Å²) in [5.74, 6) is 1.80. The lowest BCUT2D eigenvalue weighted by Crippen LogP contribution is -2.45. The Hall–Kier alpha value is -3.18. The Morgan fingerprint density at radius 3 is 2.52 bits per heavy atom. The van der Waals surface area contributed by atoms with Gasteiger partial charge in [0.1, 0.15) is 0 Å². The first-order chi connectivity index (χ1) is 16.0. The number of anilines is 4. The number of rotatable bonds is 7. The molecule has 1 aliphatic heterocycles. The van der Waals surface area contributed by atoms with Crippen molar-refractivity contribution in [1.82, 2.24) is 25.0 Å². The molecular formula is C22H26N8O2S. The van der Waals surface area contributed by atoms with Gasteiger partial charge in [0.05, 0.1) is 5.69 Å². The van der Waals surface area contributed by atoms with E-state index in [4.69, 9.17) is 9.51 Å². The second-order valence-electron chi connectivity index (χ2n) is 8.38. The van der Waals surface area contributed by atoms with Crippen LogP contribution in [0.15, 0.2) is 44.9 Å². The van der Waals surface area contributed by atoms with Crippen molar-refractivity contribution in [2.24, 2.45) is 5.92 Å². The van der Waals surface area contributed by atoms with Crippen molar-refractivity contribution in [3.05, 3.63) is 36.0 Å². The van der Waals surface area contributed by atoms with E-state index in [9.17, 15) is 4.79 Å². The van der Waals surface area contributed by atoms with Gasteiger partial charge in [-0.15, -0.1) is 0 Å². The number of hydrogen-bond acceptors (Lipinski definition) is 10. The molecule has 33 heavy (non-hydrogen) atoms. The Labute approximate surface area is 196 Å². The van der Waals surface area contributed by atoms with E-state index < -0.39 is 0 Å². The predicted molar refractivity (Wildman–Crippen MR) is 126 cm³/mol. The molecule has 0 atom stereocenters. The highest BCUT2D eigenvalue weighted by atomic mass is 32.2. The van der Waals surface area contributed by atoms with Crippen LogP contribution < -0.4 is 15.5 Å². The number of hydrogen-bond donors (Lipinski definition) is 2. The summed E-state index contributed by atoms with van der Waals surface area (Å²) >= 11 is 1.44. The Bertz CT molecular complexity index is 1120. The molecule has 1 saturated carbocycles. The molecule has 2 aromatic heterocycles. The molecule has 2 fully saturated rings. The smallest absolute Gasteiger partial charge is 0.235 e. The number of aromatic nitrogens is 4. The summed E-state index contributed by atoms with van der Waals surface area (Å²) in [4.78, 5) is 31.3. The molecule has 1 aromatic carbocycles. The molecule has 0 unspecified atom stereocenters. The number of nitrogens with one attached hydrogen (secondary N) is 2. The zero-order valence-electron chi connectivity index (χ0n) is 18.6. The van der Waals surface area contributed by atoms with Gasteiger partial charge in [0.25, 0.3) is 0 Å². The third-order valence-electron chi connectivity index (χ3n) is 5.53. The summed E-state index contributed by atoms with van der Waals surface area (Å²) in [6, 6.07) is 9.52. The Morgan fingerprint density at radius 2 is 1.85 bits per heavy atom. The average molecular weight is 467 g/mol. The van der Waals surface area contributed by atoms with Gasteiger partial charge in [-0.05, 0) is 62.8 Å². The molecular weight excluding hydrogens is 440 g/mol. The second kappa shape index (κ2) is 9.36. The molecule has 0 spiro atoms. The first-order valence-electron chi connectivity index (χ1n) is 11.0.